The van der Waals surface area contributed by atoms with Gasteiger partial charge in [0.05, 0.1) is 0 Å². The molecular weight excluding hydrogens is 192 g/mol. The molecule has 0 aromatic heterocycles. The van der Waals surface area contributed by atoms with Gasteiger partial charge in [0.2, 0.25) is 0 Å². The first-order valence-electron chi connectivity index (χ1n) is 5.64. The second-order valence-electron chi connectivity index (χ2n) is 4.49. The molecule has 1 N–H and O–H groups in total. The summed E-state index contributed by atoms with van der Waals surface area (Å²) in [6, 6.07) is 1.11. The van der Waals surface area contributed by atoms with Crippen molar-refractivity contribution in [2.24, 2.45) is 0 Å². The van der Waals surface area contributed by atoms with E-state index < -0.39 is 0 Å². The van der Waals surface area contributed by atoms with Crippen LogP contribution in [-0.2, 0) is 0 Å². The second-order valence-corrected chi connectivity index (χ2v) is 4.88. The Morgan fingerprint density at radius 1 is 1.29 bits per heavy atom. The van der Waals surface area contributed by atoms with E-state index in [-0.39, 0.29) is 0 Å². The fourth-order valence-corrected chi connectivity index (χ4v) is 2.14. The normalized spacial score (nSPS) is 18.3. The van der Waals surface area contributed by atoms with Crippen molar-refractivity contribution >= 4 is 17.3 Å². The van der Waals surface area contributed by atoms with Crippen LogP contribution in [0.15, 0.2) is 0 Å². The van der Waals surface area contributed by atoms with Crippen LogP contribution in [0.5, 0.6) is 0 Å². The lowest BCUT2D eigenvalue weighted by atomic mass is 9.96. The van der Waals surface area contributed by atoms with Crippen LogP contribution in [0.2, 0.25) is 0 Å². The Bertz CT molecular complexity index is 186. The summed E-state index contributed by atoms with van der Waals surface area (Å²) in [6.07, 6.45) is 6.67. The minimum atomic E-state index is 0.485. The van der Waals surface area contributed by atoms with E-state index in [9.17, 15) is 0 Å². The van der Waals surface area contributed by atoms with E-state index in [1.807, 2.05) is 0 Å². The Labute approximate surface area is 93.1 Å². The first-order valence-corrected chi connectivity index (χ1v) is 6.05. The van der Waals surface area contributed by atoms with Gasteiger partial charge in [-0.25, -0.2) is 0 Å². The summed E-state index contributed by atoms with van der Waals surface area (Å²) >= 11 is 5.35. The van der Waals surface area contributed by atoms with Crippen LogP contribution in [-0.4, -0.2) is 29.1 Å². The molecule has 0 bridgehead atoms. The standard InChI is InChI=1S/C11H22N2S/c1-9(2)13(3)11(14)12-10-7-5-4-6-8-10/h9-10H,4-8H2,1-3H3,(H,12,14). The fraction of sp³-hybridized carbons (Fsp3) is 0.909. The molecule has 1 aliphatic carbocycles. The van der Waals surface area contributed by atoms with Gasteiger partial charge in [-0.15, -0.1) is 0 Å². The van der Waals surface area contributed by atoms with Gasteiger partial charge in [-0.1, -0.05) is 19.3 Å². The quantitative estimate of drug-likeness (QED) is 0.711. The van der Waals surface area contributed by atoms with Crippen molar-refractivity contribution in [1.82, 2.24) is 10.2 Å². The van der Waals surface area contributed by atoms with Gasteiger partial charge in [-0.3, -0.25) is 0 Å². The smallest absolute Gasteiger partial charge is 0.169 e. The van der Waals surface area contributed by atoms with Crippen molar-refractivity contribution in [2.45, 2.75) is 58.0 Å². The monoisotopic (exact) mass is 214 g/mol. The predicted octanol–water partition coefficient (Wildman–Crippen LogP) is 2.53. The molecule has 1 fully saturated rings. The summed E-state index contributed by atoms with van der Waals surface area (Å²) < 4.78 is 0. The average Bonchev–Trinajstić information content (AvgIpc) is 2.18. The van der Waals surface area contributed by atoms with Gasteiger partial charge in [0.1, 0.15) is 0 Å². The Kier molecular flexibility index (Phi) is 4.66. The lowest BCUT2D eigenvalue weighted by Crippen LogP contribution is -2.46. The zero-order chi connectivity index (χ0) is 10.6. The molecule has 3 heteroatoms. The molecule has 0 aliphatic heterocycles. The minimum absolute atomic E-state index is 0.485. The Balaban J connectivity index is 2.31. The molecule has 0 aromatic carbocycles. The van der Waals surface area contributed by atoms with Gasteiger partial charge < -0.3 is 10.2 Å². The summed E-state index contributed by atoms with van der Waals surface area (Å²) in [4.78, 5) is 2.13. The SMILES string of the molecule is CC(C)N(C)C(=S)NC1CCCCC1. The average molecular weight is 214 g/mol. The van der Waals surface area contributed by atoms with E-state index >= 15 is 0 Å². The van der Waals surface area contributed by atoms with Crippen LogP contribution in [0.4, 0.5) is 0 Å². The molecule has 0 saturated heterocycles. The van der Waals surface area contributed by atoms with Gasteiger partial charge in [0.15, 0.2) is 5.11 Å². The Hall–Kier alpha value is -0.310. The third kappa shape index (κ3) is 3.45. The summed E-state index contributed by atoms with van der Waals surface area (Å²) in [5.41, 5.74) is 0. The third-order valence-corrected chi connectivity index (χ3v) is 3.43. The molecule has 0 radical (unpaired) electrons. The molecule has 14 heavy (non-hydrogen) atoms. The fourth-order valence-electron chi connectivity index (χ4n) is 1.76. The minimum Gasteiger partial charge on any atom is -0.360 e. The number of hydrogen-bond donors (Lipinski definition) is 1. The number of nitrogens with one attached hydrogen (secondary N) is 1. The highest BCUT2D eigenvalue weighted by atomic mass is 32.1. The second kappa shape index (κ2) is 5.54. The molecule has 1 rings (SSSR count). The van der Waals surface area contributed by atoms with Gasteiger partial charge in [0.25, 0.3) is 0 Å². The molecule has 1 saturated carbocycles. The van der Waals surface area contributed by atoms with Crippen molar-refractivity contribution in [3.8, 4) is 0 Å². The molecule has 0 amide bonds. The number of rotatable bonds is 2. The van der Waals surface area contributed by atoms with Crippen molar-refractivity contribution < 1.29 is 0 Å². The highest BCUT2D eigenvalue weighted by Gasteiger charge is 2.16. The summed E-state index contributed by atoms with van der Waals surface area (Å²) in [6.45, 7) is 4.32. The van der Waals surface area contributed by atoms with Gasteiger partial charge in [-0.2, -0.15) is 0 Å². The van der Waals surface area contributed by atoms with E-state index in [1.54, 1.807) is 0 Å². The van der Waals surface area contributed by atoms with E-state index in [1.165, 1.54) is 32.1 Å². The molecule has 0 aromatic rings. The molecule has 2 nitrogen and oxygen atoms in total. The van der Waals surface area contributed by atoms with Gasteiger partial charge in [-0.05, 0) is 38.9 Å². The van der Waals surface area contributed by atoms with Gasteiger partial charge >= 0.3 is 0 Å². The van der Waals surface area contributed by atoms with Crippen molar-refractivity contribution in [1.29, 1.82) is 0 Å². The largest absolute Gasteiger partial charge is 0.360 e. The third-order valence-electron chi connectivity index (χ3n) is 3.03. The van der Waals surface area contributed by atoms with E-state index in [0.717, 1.165) is 5.11 Å². The van der Waals surface area contributed by atoms with Crippen LogP contribution in [0.25, 0.3) is 0 Å². The number of hydrogen-bond acceptors (Lipinski definition) is 1. The summed E-state index contributed by atoms with van der Waals surface area (Å²) in [5, 5.41) is 4.37. The summed E-state index contributed by atoms with van der Waals surface area (Å²) in [7, 11) is 2.06. The highest BCUT2D eigenvalue weighted by molar-refractivity contribution is 7.80. The van der Waals surface area contributed by atoms with E-state index in [0.29, 0.717) is 12.1 Å². The Morgan fingerprint density at radius 2 is 1.86 bits per heavy atom. The van der Waals surface area contributed by atoms with Crippen LogP contribution in [0, 0.1) is 0 Å². The predicted molar refractivity (Wildman–Crippen MR) is 65.5 cm³/mol. The highest BCUT2D eigenvalue weighted by Crippen LogP contribution is 2.17. The molecule has 82 valence electrons. The Morgan fingerprint density at radius 3 is 2.36 bits per heavy atom. The van der Waals surface area contributed by atoms with Crippen LogP contribution in [0.1, 0.15) is 46.0 Å². The van der Waals surface area contributed by atoms with Crippen LogP contribution in [0.3, 0.4) is 0 Å². The molecule has 0 heterocycles. The zero-order valence-electron chi connectivity index (χ0n) is 9.55. The first kappa shape index (κ1) is 11.8. The van der Waals surface area contributed by atoms with Crippen LogP contribution >= 0.6 is 12.2 Å². The summed E-state index contributed by atoms with van der Waals surface area (Å²) in [5.74, 6) is 0. The first-order chi connectivity index (χ1) is 6.61. The zero-order valence-corrected chi connectivity index (χ0v) is 10.4. The molecule has 0 spiro atoms. The molecule has 0 atom stereocenters. The number of thiocarbonyl (C=S) groups is 1. The molecule has 1 aliphatic rings. The molecular formula is C11H22N2S. The molecule has 0 unspecified atom stereocenters. The maximum atomic E-state index is 5.35. The van der Waals surface area contributed by atoms with Crippen molar-refractivity contribution in [2.75, 3.05) is 7.05 Å². The van der Waals surface area contributed by atoms with Gasteiger partial charge in [0, 0.05) is 19.1 Å². The van der Waals surface area contributed by atoms with E-state index in [2.05, 4.69) is 31.1 Å². The topological polar surface area (TPSA) is 15.3 Å². The lowest BCUT2D eigenvalue weighted by molar-refractivity contribution is 0.370. The maximum absolute atomic E-state index is 5.35. The van der Waals surface area contributed by atoms with Crippen LogP contribution < -0.4 is 5.32 Å². The van der Waals surface area contributed by atoms with Crippen molar-refractivity contribution in [3.05, 3.63) is 0 Å². The number of nitrogens with zero attached hydrogens (tertiary/aromatic N) is 1. The van der Waals surface area contributed by atoms with Crippen molar-refractivity contribution in [3.63, 3.8) is 0 Å². The maximum Gasteiger partial charge on any atom is 0.169 e. The van der Waals surface area contributed by atoms with E-state index in [4.69, 9.17) is 12.2 Å². The lowest BCUT2D eigenvalue weighted by Gasteiger charge is -2.30.